The second kappa shape index (κ2) is 5.86. The number of hydrogen-bond donors (Lipinski definition) is 1. The van der Waals surface area contributed by atoms with Crippen LogP contribution < -0.4 is 5.73 Å². The molecule has 2 N–H and O–H groups in total. The summed E-state index contributed by atoms with van der Waals surface area (Å²) in [6.45, 7) is 4.31. The molecule has 1 atom stereocenters. The first-order valence-electron chi connectivity index (χ1n) is 4.68. The smallest absolute Gasteiger partial charge is 0.327 e. The fraction of sp³-hybridized carbons (Fsp3) is 0.600. The summed E-state index contributed by atoms with van der Waals surface area (Å²) < 4.78 is 36.2. The molecule has 1 aliphatic rings. The van der Waals surface area contributed by atoms with Crippen LogP contribution in [0.2, 0.25) is 0 Å². The topological polar surface area (TPSA) is 26.0 Å². The highest BCUT2D eigenvalue weighted by molar-refractivity contribution is 5.25. The van der Waals surface area contributed by atoms with Crippen molar-refractivity contribution in [3.63, 3.8) is 0 Å². The molecule has 0 aromatic carbocycles. The maximum absolute atomic E-state index is 12.1. The van der Waals surface area contributed by atoms with Gasteiger partial charge >= 0.3 is 6.18 Å². The number of halogens is 3. The summed E-state index contributed by atoms with van der Waals surface area (Å²) in [6, 6.07) is 0. The van der Waals surface area contributed by atoms with Crippen molar-refractivity contribution in [1.29, 1.82) is 0 Å². The van der Waals surface area contributed by atoms with Gasteiger partial charge < -0.3 is 5.73 Å². The van der Waals surface area contributed by atoms with Gasteiger partial charge in [0.15, 0.2) is 0 Å². The summed E-state index contributed by atoms with van der Waals surface area (Å²) in [7, 11) is 0. The van der Waals surface area contributed by atoms with E-state index in [4.69, 9.17) is 5.73 Å². The summed E-state index contributed by atoms with van der Waals surface area (Å²) >= 11 is 0. The lowest BCUT2D eigenvalue weighted by molar-refractivity contribution is -0.160. The van der Waals surface area contributed by atoms with Crippen LogP contribution in [0.1, 0.15) is 20.3 Å². The van der Waals surface area contributed by atoms with Gasteiger partial charge in [-0.1, -0.05) is 32.1 Å². The van der Waals surface area contributed by atoms with Crippen molar-refractivity contribution < 1.29 is 13.2 Å². The van der Waals surface area contributed by atoms with Gasteiger partial charge in [0.2, 0.25) is 0 Å². The van der Waals surface area contributed by atoms with Gasteiger partial charge in [-0.05, 0) is 12.0 Å². The summed E-state index contributed by atoms with van der Waals surface area (Å²) in [6.07, 6.45) is 0.0572. The van der Waals surface area contributed by atoms with Crippen LogP contribution in [-0.2, 0) is 0 Å². The lowest BCUT2D eigenvalue weighted by Gasteiger charge is -2.18. The van der Waals surface area contributed by atoms with Crippen molar-refractivity contribution in [1.82, 2.24) is 0 Å². The van der Waals surface area contributed by atoms with Crippen LogP contribution in [0.4, 0.5) is 13.2 Å². The lowest BCUT2D eigenvalue weighted by atomic mass is 9.96. The van der Waals surface area contributed by atoms with Crippen molar-refractivity contribution in [3.05, 3.63) is 23.8 Å². The Morgan fingerprint density at radius 2 is 2.00 bits per heavy atom. The van der Waals surface area contributed by atoms with Crippen molar-refractivity contribution in [2.75, 3.05) is 6.54 Å². The molecule has 0 aromatic heterocycles. The molecular formula is C10H16F3N. The van der Waals surface area contributed by atoms with Crippen molar-refractivity contribution in [2.45, 2.75) is 26.4 Å². The number of allylic oxidation sites excluding steroid dienone is 2. The molecule has 1 rings (SSSR count). The SMILES string of the molecule is CC.NCC1=CCC(C(F)(F)F)C=C1. The summed E-state index contributed by atoms with van der Waals surface area (Å²) in [5.74, 6) is -1.33. The Kier molecular flexibility index (Phi) is 5.53. The molecule has 14 heavy (non-hydrogen) atoms. The fourth-order valence-corrected chi connectivity index (χ4v) is 1.06. The van der Waals surface area contributed by atoms with E-state index in [2.05, 4.69) is 0 Å². The predicted molar refractivity (Wildman–Crippen MR) is 51.8 cm³/mol. The van der Waals surface area contributed by atoms with Crippen LogP contribution in [0.3, 0.4) is 0 Å². The zero-order valence-corrected chi connectivity index (χ0v) is 8.43. The monoisotopic (exact) mass is 207 g/mol. The Morgan fingerprint density at radius 3 is 2.29 bits per heavy atom. The first kappa shape index (κ1) is 13.2. The molecule has 4 heteroatoms. The van der Waals surface area contributed by atoms with Crippen LogP contribution in [-0.4, -0.2) is 12.7 Å². The number of alkyl halides is 3. The van der Waals surface area contributed by atoms with Crippen LogP contribution in [0.5, 0.6) is 0 Å². The van der Waals surface area contributed by atoms with E-state index >= 15 is 0 Å². The van der Waals surface area contributed by atoms with Crippen molar-refractivity contribution in [2.24, 2.45) is 11.7 Å². The van der Waals surface area contributed by atoms with E-state index in [0.29, 0.717) is 6.54 Å². The van der Waals surface area contributed by atoms with Gasteiger partial charge in [0.25, 0.3) is 0 Å². The summed E-state index contributed by atoms with van der Waals surface area (Å²) in [4.78, 5) is 0. The maximum atomic E-state index is 12.1. The Morgan fingerprint density at radius 1 is 1.43 bits per heavy atom. The Bertz CT molecular complexity index is 216. The lowest BCUT2D eigenvalue weighted by Crippen LogP contribution is -2.22. The molecule has 1 unspecified atom stereocenters. The predicted octanol–water partition coefficient (Wildman–Crippen LogP) is 3.04. The van der Waals surface area contributed by atoms with Gasteiger partial charge in [-0.15, -0.1) is 0 Å². The van der Waals surface area contributed by atoms with Crippen LogP contribution in [0.25, 0.3) is 0 Å². The third kappa shape index (κ3) is 3.96. The molecule has 1 aliphatic carbocycles. The minimum atomic E-state index is -4.12. The van der Waals surface area contributed by atoms with E-state index in [9.17, 15) is 13.2 Å². The number of hydrogen-bond acceptors (Lipinski definition) is 1. The van der Waals surface area contributed by atoms with E-state index in [0.717, 1.165) is 5.57 Å². The number of rotatable bonds is 1. The molecule has 0 amide bonds. The van der Waals surface area contributed by atoms with Gasteiger partial charge in [0.05, 0.1) is 5.92 Å². The van der Waals surface area contributed by atoms with Gasteiger partial charge in [0.1, 0.15) is 0 Å². The Balaban J connectivity index is 0.000000791. The first-order chi connectivity index (χ1) is 6.54. The van der Waals surface area contributed by atoms with E-state index in [1.807, 2.05) is 13.8 Å². The van der Waals surface area contributed by atoms with Crippen LogP contribution in [0.15, 0.2) is 23.8 Å². The maximum Gasteiger partial charge on any atom is 0.395 e. The van der Waals surface area contributed by atoms with E-state index in [1.54, 1.807) is 0 Å². The molecule has 0 bridgehead atoms. The van der Waals surface area contributed by atoms with Crippen LogP contribution >= 0.6 is 0 Å². The second-order valence-corrected chi connectivity index (χ2v) is 2.73. The second-order valence-electron chi connectivity index (χ2n) is 2.73. The zero-order valence-electron chi connectivity index (χ0n) is 8.43. The van der Waals surface area contributed by atoms with Crippen molar-refractivity contribution >= 4 is 0 Å². The highest BCUT2D eigenvalue weighted by Gasteiger charge is 2.37. The average molecular weight is 207 g/mol. The van der Waals surface area contributed by atoms with E-state index in [1.165, 1.54) is 18.2 Å². The van der Waals surface area contributed by atoms with Gasteiger partial charge in [-0.3, -0.25) is 0 Å². The summed E-state index contributed by atoms with van der Waals surface area (Å²) in [5.41, 5.74) is 6.03. The minimum Gasteiger partial charge on any atom is -0.327 e. The largest absolute Gasteiger partial charge is 0.395 e. The van der Waals surface area contributed by atoms with Gasteiger partial charge in [-0.2, -0.15) is 13.2 Å². The summed E-state index contributed by atoms with van der Waals surface area (Å²) in [5, 5.41) is 0. The van der Waals surface area contributed by atoms with Gasteiger partial charge in [-0.25, -0.2) is 0 Å². The molecular weight excluding hydrogens is 191 g/mol. The molecule has 82 valence electrons. The Hall–Kier alpha value is -0.770. The molecule has 0 fully saturated rings. The molecule has 0 saturated heterocycles. The third-order valence-corrected chi connectivity index (χ3v) is 1.83. The quantitative estimate of drug-likeness (QED) is 0.702. The van der Waals surface area contributed by atoms with E-state index < -0.39 is 12.1 Å². The molecule has 0 spiro atoms. The van der Waals surface area contributed by atoms with Crippen LogP contribution in [0, 0.1) is 5.92 Å². The molecule has 1 nitrogen and oxygen atoms in total. The van der Waals surface area contributed by atoms with Gasteiger partial charge in [0, 0.05) is 6.54 Å². The molecule has 0 radical (unpaired) electrons. The average Bonchev–Trinajstić information content (AvgIpc) is 2.20. The van der Waals surface area contributed by atoms with E-state index in [-0.39, 0.29) is 6.42 Å². The zero-order chi connectivity index (χ0) is 11.2. The first-order valence-corrected chi connectivity index (χ1v) is 4.68. The molecule has 0 heterocycles. The highest BCUT2D eigenvalue weighted by Crippen LogP contribution is 2.32. The molecule has 0 aliphatic heterocycles. The van der Waals surface area contributed by atoms with Crippen molar-refractivity contribution in [3.8, 4) is 0 Å². The highest BCUT2D eigenvalue weighted by atomic mass is 19.4. The third-order valence-electron chi connectivity index (χ3n) is 1.83. The number of nitrogens with two attached hydrogens (primary N) is 1. The standard InChI is InChI=1S/C8H10F3N.C2H6/c9-8(10,11)7-3-1-6(5-12)2-4-7;1-2/h1-3,7H,4-5,12H2;1-2H3. The normalized spacial score (nSPS) is 21.0. The minimum absolute atomic E-state index is 0.0204. The fourth-order valence-electron chi connectivity index (χ4n) is 1.06. The Labute approximate surface area is 82.5 Å². The molecule has 0 aromatic rings. The molecule has 0 saturated carbocycles.